The molecule has 0 aromatic heterocycles. The van der Waals surface area contributed by atoms with Gasteiger partial charge in [-0.05, 0) is 74.9 Å². The molecule has 272 valence electrons. The average Bonchev–Trinajstić information content (AvgIpc) is 3.43. The van der Waals surface area contributed by atoms with Crippen LogP contribution in [0.15, 0.2) is 78.9 Å². The van der Waals surface area contributed by atoms with Gasteiger partial charge >= 0.3 is 12.2 Å². The van der Waals surface area contributed by atoms with Crippen molar-refractivity contribution in [3.05, 3.63) is 95.6 Å². The molecule has 51 heavy (non-hydrogen) atoms. The summed E-state index contributed by atoms with van der Waals surface area (Å²) in [4.78, 5) is 57.3. The van der Waals surface area contributed by atoms with Gasteiger partial charge in [-0.1, -0.05) is 78.9 Å². The molecular formula is C40H51N5O6. The van der Waals surface area contributed by atoms with Gasteiger partial charge in [0.25, 0.3) is 0 Å². The molecule has 11 nitrogen and oxygen atoms in total. The minimum Gasteiger partial charge on any atom is -0.449 e. The first-order valence-electron chi connectivity index (χ1n) is 17.9. The number of nitrogens with one attached hydrogen (secondary N) is 3. The van der Waals surface area contributed by atoms with Gasteiger partial charge in [0.2, 0.25) is 11.8 Å². The SMILES string of the molecule is CN1CCN(C(=O)C(Cc2ccccc2)NC(=O)C(CCCCNC(=O)OC(C)(C)C)NC(=O)OCC2c3ccccc3-c3ccccc32)CC1. The predicted octanol–water partition coefficient (Wildman–Crippen LogP) is 5.09. The van der Waals surface area contributed by atoms with Gasteiger partial charge in [0.15, 0.2) is 0 Å². The third-order valence-electron chi connectivity index (χ3n) is 9.25. The van der Waals surface area contributed by atoms with E-state index < -0.39 is 35.8 Å². The second-order valence-electron chi connectivity index (χ2n) is 14.3. The zero-order valence-corrected chi connectivity index (χ0v) is 30.2. The number of fused-ring (bicyclic) bond motifs is 3. The smallest absolute Gasteiger partial charge is 0.407 e. The van der Waals surface area contributed by atoms with Gasteiger partial charge in [-0.15, -0.1) is 0 Å². The summed E-state index contributed by atoms with van der Waals surface area (Å²) >= 11 is 0. The van der Waals surface area contributed by atoms with E-state index in [1.807, 2.05) is 73.8 Å². The number of carbonyl (C=O) groups is 4. The summed E-state index contributed by atoms with van der Waals surface area (Å²) in [5.41, 5.74) is 4.72. The average molecular weight is 698 g/mol. The van der Waals surface area contributed by atoms with Gasteiger partial charge in [-0.25, -0.2) is 9.59 Å². The first kappa shape index (κ1) is 37.4. The van der Waals surface area contributed by atoms with E-state index in [9.17, 15) is 19.2 Å². The number of hydrogen-bond acceptors (Lipinski definition) is 7. The molecule has 1 aliphatic carbocycles. The van der Waals surface area contributed by atoms with Crippen molar-refractivity contribution >= 4 is 24.0 Å². The zero-order valence-electron chi connectivity index (χ0n) is 30.2. The number of piperazine rings is 1. The van der Waals surface area contributed by atoms with E-state index >= 15 is 0 Å². The van der Waals surface area contributed by atoms with Gasteiger partial charge < -0.3 is 35.2 Å². The Morgan fingerprint density at radius 3 is 2.00 bits per heavy atom. The molecule has 3 N–H and O–H groups in total. The van der Waals surface area contributed by atoms with Crippen LogP contribution in [-0.2, 0) is 25.5 Å². The van der Waals surface area contributed by atoms with Crippen molar-refractivity contribution < 1.29 is 28.7 Å². The molecule has 2 atom stereocenters. The third kappa shape index (κ3) is 10.6. The first-order chi connectivity index (χ1) is 24.5. The van der Waals surface area contributed by atoms with Crippen LogP contribution in [0.3, 0.4) is 0 Å². The van der Waals surface area contributed by atoms with Crippen LogP contribution in [0.5, 0.6) is 0 Å². The fourth-order valence-electron chi connectivity index (χ4n) is 6.60. The molecule has 0 radical (unpaired) electrons. The highest BCUT2D eigenvalue weighted by atomic mass is 16.6. The quantitative estimate of drug-likeness (QED) is 0.212. The molecule has 1 aliphatic heterocycles. The lowest BCUT2D eigenvalue weighted by molar-refractivity contribution is -0.138. The Hall–Kier alpha value is -4.90. The van der Waals surface area contributed by atoms with Gasteiger partial charge in [-0.3, -0.25) is 9.59 Å². The number of benzene rings is 3. The summed E-state index contributed by atoms with van der Waals surface area (Å²) < 4.78 is 11.1. The Morgan fingerprint density at radius 1 is 0.765 bits per heavy atom. The third-order valence-corrected chi connectivity index (χ3v) is 9.25. The Labute approximate surface area is 301 Å². The van der Waals surface area contributed by atoms with Crippen LogP contribution in [0.2, 0.25) is 0 Å². The number of rotatable bonds is 13. The van der Waals surface area contributed by atoms with Crippen molar-refractivity contribution in [3.63, 3.8) is 0 Å². The van der Waals surface area contributed by atoms with Crippen LogP contribution < -0.4 is 16.0 Å². The van der Waals surface area contributed by atoms with Crippen molar-refractivity contribution in [3.8, 4) is 11.1 Å². The predicted molar refractivity (Wildman–Crippen MR) is 196 cm³/mol. The molecule has 1 heterocycles. The molecule has 4 amide bonds. The first-order valence-corrected chi connectivity index (χ1v) is 17.9. The highest BCUT2D eigenvalue weighted by Crippen LogP contribution is 2.44. The summed E-state index contributed by atoms with van der Waals surface area (Å²) in [7, 11) is 2.02. The highest BCUT2D eigenvalue weighted by molar-refractivity contribution is 5.91. The summed E-state index contributed by atoms with van der Waals surface area (Å²) in [6.45, 7) is 8.48. The molecule has 3 aromatic carbocycles. The van der Waals surface area contributed by atoms with E-state index in [2.05, 4.69) is 33.0 Å². The number of ether oxygens (including phenoxy) is 2. The van der Waals surface area contributed by atoms with Gasteiger partial charge in [-0.2, -0.15) is 0 Å². The second-order valence-corrected chi connectivity index (χ2v) is 14.3. The topological polar surface area (TPSA) is 129 Å². The fourth-order valence-corrected chi connectivity index (χ4v) is 6.60. The molecule has 2 unspecified atom stereocenters. The molecule has 1 saturated heterocycles. The summed E-state index contributed by atoms with van der Waals surface area (Å²) in [6.07, 6.45) is 0.409. The molecule has 0 bridgehead atoms. The summed E-state index contributed by atoms with van der Waals surface area (Å²) in [5, 5.41) is 8.52. The zero-order chi connectivity index (χ0) is 36.4. The lowest BCUT2D eigenvalue weighted by atomic mass is 9.98. The lowest BCUT2D eigenvalue weighted by Crippen LogP contribution is -2.57. The maximum Gasteiger partial charge on any atom is 0.407 e. The van der Waals surface area contributed by atoms with Crippen LogP contribution in [0, 0.1) is 0 Å². The Bertz CT molecular complexity index is 1600. The van der Waals surface area contributed by atoms with Crippen molar-refractivity contribution in [1.82, 2.24) is 25.8 Å². The molecule has 0 spiro atoms. The molecule has 3 aromatic rings. The fraction of sp³-hybridized carbons (Fsp3) is 0.450. The largest absolute Gasteiger partial charge is 0.449 e. The van der Waals surface area contributed by atoms with Crippen LogP contribution in [0.1, 0.15) is 62.6 Å². The maximum atomic E-state index is 14.0. The van der Waals surface area contributed by atoms with Crippen molar-refractivity contribution in [2.45, 2.75) is 70.1 Å². The Morgan fingerprint density at radius 2 is 1.37 bits per heavy atom. The highest BCUT2D eigenvalue weighted by Gasteiger charge is 2.33. The summed E-state index contributed by atoms with van der Waals surface area (Å²) in [5.74, 6) is -0.750. The number of nitrogens with zero attached hydrogens (tertiary/aromatic N) is 2. The van der Waals surface area contributed by atoms with Crippen LogP contribution in [0.4, 0.5) is 9.59 Å². The normalized spacial score (nSPS) is 15.6. The van der Waals surface area contributed by atoms with Gasteiger partial charge in [0.1, 0.15) is 24.3 Å². The van der Waals surface area contributed by atoms with E-state index in [1.54, 1.807) is 25.7 Å². The lowest BCUT2D eigenvalue weighted by Gasteiger charge is -2.35. The standard InChI is InChI=1S/C40H51N5O6/c1-40(2,3)51-38(48)41-21-13-12-20-34(43-39(49)50-27-33-31-18-10-8-16-29(31)30-17-9-11-19-32(30)33)36(46)42-35(26-28-14-6-5-7-15-28)37(47)45-24-22-44(4)23-25-45/h5-11,14-19,33-35H,12-13,20-27H2,1-4H3,(H,41,48)(H,42,46)(H,43,49). The van der Waals surface area contributed by atoms with E-state index in [4.69, 9.17) is 9.47 Å². The summed E-state index contributed by atoms with van der Waals surface area (Å²) in [6, 6.07) is 24.0. The van der Waals surface area contributed by atoms with Gasteiger partial charge in [0, 0.05) is 45.1 Å². The number of amides is 4. The number of hydrogen-bond donors (Lipinski definition) is 3. The van der Waals surface area contributed by atoms with Gasteiger partial charge in [0.05, 0.1) is 0 Å². The minimum atomic E-state index is -0.972. The number of alkyl carbamates (subject to hydrolysis) is 2. The molecule has 0 saturated carbocycles. The number of unbranched alkanes of at least 4 members (excludes halogenated alkanes) is 1. The van der Waals surface area contributed by atoms with Crippen molar-refractivity contribution in [1.29, 1.82) is 0 Å². The van der Waals surface area contributed by atoms with Crippen LogP contribution >= 0.6 is 0 Å². The number of carbonyl (C=O) groups excluding carboxylic acids is 4. The molecule has 11 heteroatoms. The Kier molecular flexibility index (Phi) is 12.7. The molecular weight excluding hydrogens is 646 g/mol. The van der Waals surface area contributed by atoms with Crippen molar-refractivity contribution in [2.75, 3.05) is 46.4 Å². The second kappa shape index (κ2) is 17.4. The number of likely N-dealkylation sites (N-methyl/N-ethyl adjacent to an activating group) is 1. The molecule has 5 rings (SSSR count). The van der Waals surface area contributed by atoms with E-state index in [0.29, 0.717) is 38.9 Å². The Balaban J connectivity index is 1.26. The minimum absolute atomic E-state index is 0.104. The van der Waals surface area contributed by atoms with Crippen molar-refractivity contribution in [2.24, 2.45) is 0 Å². The molecule has 1 fully saturated rings. The monoisotopic (exact) mass is 697 g/mol. The van der Waals surface area contributed by atoms with Crippen LogP contribution in [0.25, 0.3) is 11.1 Å². The van der Waals surface area contributed by atoms with E-state index in [-0.39, 0.29) is 24.9 Å². The van der Waals surface area contributed by atoms with E-state index in [0.717, 1.165) is 40.9 Å². The van der Waals surface area contributed by atoms with E-state index in [1.165, 1.54) is 0 Å². The maximum absolute atomic E-state index is 14.0. The van der Waals surface area contributed by atoms with Crippen LogP contribution in [-0.4, -0.2) is 97.9 Å². The molecule has 2 aliphatic rings.